The highest BCUT2D eigenvalue weighted by Gasteiger charge is 2.28. The number of anilines is 2. The standard InChI is InChI=1S/C18H19ClIN3O4/c1-23-16(21-14-6-5-10(20)9-13(14)19)15(17(25)22-27-8-7-24)11-3-2-4-12(11)18(23)26/h5-6,9,21,24H,2-4,7-8H2,1H3,(H,22,25). The molecule has 1 heterocycles. The van der Waals surface area contributed by atoms with Crippen LogP contribution in [0.15, 0.2) is 23.0 Å². The van der Waals surface area contributed by atoms with Crippen molar-refractivity contribution in [3.63, 3.8) is 0 Å². The molecule has 0 aliphatic heterocycles. The summed E-state index contributed by atoms with van der Waals surface area (Å²) in [5.74, 6) is -0.116. The zero-order valence-electron chi connectivity index (χ0n) is 14.6. The minimum absolute atomic E-state index is 0.0224. The lowest BCUT2D eigenvalue weighted by molar-refractivity contribution is 0.0168. The van der Waals surface area contributed by atoms with E-state index in [1.54, 1.807) is 19.2 Å². The minimum Gasteiger partial charge on any atom is -0.394 e. The first-order valence-corrected chi connectivity index (χ1v) is 9.89. The van der Waals surface area contributed by atoms with E-state index in [-0.39, 0.29) is 18.8 Å². The van der Waals surface area contributed by atoms with Gasteiger partial charge in [0.15, 0.2) is 0 Å². The molecule has 0 saturated heterocycles. The van der Waals surface area contributed by atoms with E-state index in [9.17, 15) is 9.59 Å². The number of hydroxylamine groups is 1. The number of rotatable bonds is 6. The zero-order valence-corrected chi connectivity index (χ0v) is 17.6. The van der Waals surface area contributed by atoms with Crippen LogP contribution in [0, 0.1) is 3.57 Å². The van der Waals surface area contributed by atoms with E-state index in [1.165, 1.54) is 4.57 Å². The van der Waals surface area contributed by atoms with E-state index in [1.807, 2.05) is 6.07 Å². The smallest absolute Gasteiger partial charge is 0.278 e. The van der Waals surface area contributed by atoms with Gasteiger partial charge in [0.05, 0.1) is 29.5 Å². The molecule has 0 bridgehead atoms. The molecule has 0 saturated carbocycles. The molecular formula is C18H19ClIN3O4. The Morgan fingerprint density at radius 2 is 2.11 bits per heavy atom. The lowest BCUT2D eigenvalue weighted by Gasteiger charge is -2.20. The number of carbonyl (C=O) groups excluding carboxylic acids is 1. The van der Waals surface area contributed by atoms with Gasteiger partial charge in [0, 0.05) is 16.2 Å². The van der Waals surface area contributed by atoms with Gasteiger partial charge >= 0.3 is 0 Å². The second-order valence-electron chi connectivity index (χ2n) is 6.15. The summed E-state index contributed by atoms with van der Waals surface area (Å²) in [5, 5.41) is 12.5. The van der Waals surface area contributed by atoms with Crippen molar-refractivity contribution in [3.8, 4) is 0 Å². The number of halogens is 2. The first-order chi connectivity index (χ1) is 12.9. The van der Waals surface area contributed by atoms with Crippen LogP contribution in [-0.4, -0.2) is 28.8 Å². The Balaban J connectivity index is 2.09. The van der Waals surface area contributed by atoms with E-state index in [0.717, 1.165) is 15.6 Å². The molecule has 0 unspecified atom stereocenters. The lowest BCUT2D eigenvalue weighted by atomic mass is 10.0. The van der Waals surface area contributed by atoms with Gasteiger partial charge in [0.2, 0.25) is 0 Å². The number of hydrogen-bond acceptors (Lipinski definition) is 5. The molecule has 0 spiro atoms. The summed E-state index contributed by atoms with van der Waals surface area (Å²) in [6.07, 6.45) is 2.10. The van der Waals surface area contributed by atoms with Crippen molar-refractivity contribution in [2.75, 3.05) is 18.5 Å². The Bertz CT molecular complexity index is 945. The van der Waals surface area contributed by atoms with Crippen LogP contribution in [-0.2, 0) is 24.7 Å². The maximum Gasteiger partial charge on any atom is 0.278 e. The predicted molar refractivity (Wildman–Crippen MR) is 112 cm³/mol. The number of aromatic nitrogens is 1. The molecule has 0 atom stereocenters. The van der Waals surface area contributed by atoms with Crippen LogP contribution >= 0.6 is 34.2 Å². The molecule has 144 valence electrons. The summed E-state index contributed by atoms with van der Waals surface area (Å²) >= 11 is 8.47. The van der Waals surface area contributed by atoms with Gasteiger partial charge in [-0.2, -0.15) is 0 Å². The van der Waals surface area contributed by atoms with Gasteiger partial charge in [-0.15, -0.1) is 0 Å². The Kier molecular flexibility index (Phi) is 6.40. The Morgan fingerprint density at radius 1 is 1.37 bits per heavy atom. The third kappa shape index (κ3) is 4.13. The molecule has 1 aromatic heterocycles. The topological polar surface area (TPSA) is 92.6 Å². The number of amides is 1. The first-order valence-electron chi connectivity index (χ1n) is 8.43. The minimum atomic E-state index is -0.471. The highest BCUT2D eigenvalue weighted by atomic mass is 127. The zero-order chi connectivity index (χ0) is 19.6. The third-order valence-electron chi connectivity index (χ3n) is 4.42. The second-order valence-corrected chi connectivity index (χ2v) is 7.80. The summed E-state index contributed by atoms with van der Waals surface area (Å²) < 4.78 is 2.40. The molecule has 3 N–H and O–H groups in total. The van der Waals surface area contributed by atoms with E-state index in [0.29, 0.717) is 40.5 Å². The van der Waals surface area contributed by atoms with Crippen LogP contribution in [0.3, 0.4) is 0 Å². The number of hydrogen-bond donors (Lipinski definition) is 3. The van der Waals surface area contributed by atoms with Crippen molar-refractivity contribution in [1.29, 1.82) is 0 Å². The Hall–Kier alpha value is -1.62. The fraction of sp³-hybridized carbons (Fsp3) is 0.333. The van der Waals surface area contributed by atoms with Gasteiger partial charge in [-0.1, -0.05) is 11.6 Å². The van der Waals surface area contributed by atoms with Crippen LogP contribution in [0.5, 0.6) is 0 Å². The summed E-state index contributed by atoms with van der Waals surface area (Å²) in [4.78, 5) is 30.5. The maximum absolute atomic E-state index is 12.8. The van der Waals surface area contributed by atoms with Crippen LogP contribution < -0.4 is 16.4 Å². The monoisotopic (exact) mass is 503 g/mol. The number of fused-ring (bicyclic) bond motifs is 1. The van der Waals surface area contributed by atoms with Gasteiger partial charge in [0.25, 0.3) is 11.5 Å². The number of nitrogens with one attached hydrogen (secondary N) is 2. The normalized spacial score (nSPS) is 12.7. The number of aliphatic hydroxyl groups is 1. The quantitative estimate of drug-likeness (QED) is 0.320. The Labute approximate surface area is 174 Å². The van der Waals surface area contributed by atoms with E-state index in [2.05, 4.69) is 33.4 Å². The summed E-state index contributed by atoms with van der Waals surface area (Å²) in [5.41, 5.74) is 4.55. The first kappa shape index (κ1) is 20.1. The van der Waals surface area contributed by atoms with Crippen molar-refractivity contribution in [2.24, 2.45) is 7.05 Å². The van der Waals surface area contributed by atoms with Gasteiger partial charge in [-0.3, -0.25) is 19.0 Å². The molecule has 1 aliphatic carbocycles. The van der Waals surface area contributed by atoms with Crippen LogP contribution in [0.25, 0.3) is 0 Å². The average molecular weight is 504 g/mol. The molecule has 1 aliphatic rings. The molecular weight excluding hydrogens is 485 g/mol. The van der Waals surface area contributed by atoms with Crippen molar-refractivity contribution in [1.82, 2.24) is 10.0 Å². The molecule has 1 amide bonds. The molecule has 3 rings (SSSR count). The maximum atomic E-state index is 12.8. The highest BCUT2D eigenvalue weighted by molar-refractivity contribution is 14.1. The molecule has 7 nitrogen and oxygen atoms in total. The molecule has 27 heavy (non-hydrogen) atoms. The van der Waals surface area contributed by atoms with Crippen LogP contribution in [0.4, 0.5) is 11.5 Å². The van der Waals surface area contributed by atoms with Crippen molar-refractivity contribution < 1.29 is 14.7 Å². The molecule has 0 radical (unpaired) electrons. The van der Waals surface area contributed by atoms with Crippen LogP contribution in [0.1, 0.15) is 27.9 Å². The summed E-state index contributed by atoms with van der Waals surface area (Å²) in [6.45, 7) is -0.236. The van der Waals surface area contributed by atoms with Gasteiger partial charge < -0.3 is 10.4 Å². The van der Waals surface area contributed by atoms with Gasteiger partial charge in [-0.25, -0.2) is 5.48 Å². The number of carbonyl (C=O) groups is 1. The van der Waals surface area contributed by atoms with Crippen molar-refractivity contribution in [2.45, 2.75) is 19.3 Å². The summed E-state index contributed by atoms with van der Waals surface area (Å²) in [6, 6.07) is 5.47. The average Bonchev–Trinajstić information content (AvgIpc) is 3.11. The predicted octanol–water partition coefficient (Wildman–Crippen LogP) is 2.53. The van der Waals surface area contributed by atoms with E-state index in [4.69, 9.17) is 21.5 Å². The SMILES string of the molecule is Cn1c(Nc2ccc(I)cc2Cl)c(C(=O)NOCCO)c2c(c1=O)CCC2. The van der Waals surface area contributed by atoms with E-state index >= 15 is 0 Å². The largest absolute Gasteiger partial charge is 0.394 e. The second kappa shape index (κ2) is 8.59. The van der Waals surface area contributed by atoms with Gasteiger partial charge in [-0.05, 0) is 65.6 Å². The molecule has 0 fully saturated rings. The summed E-state index contributed by atoms with van der Waals surface area (Å²) in [7, 11) is 1.62. The molecule has 1 aromatic carbocycles. The van der Waals surface area contributed by atoms with E-state index < -0.39 is 5.91 Å². The Morgan fingerprint density at radius 3 is 2.81 bits per heavy atom. The fourth-order valence-corrected chi connectivity index (χ4v) is 4.10. The molecule has 9 heteroatoms. The van der Waals surface area contributed by atoms with Gasteiger partial charge in [0.1, 0.15) is 5.82 Å². The fourth-order valence-electron chi connectivity index (χ4n) is 3.19. The van der Waals surface area contributed by atoms with Crippen LogP contribution in [0.2, 0.25) is 5.02 Å². The number of nitrogens with zero attached hydrogens (tertiary/aromatic N) is 1. The number of pyridine rings is 1. The van der Waals surface area contributed by atoms with Crippen molar-refractivity contribution >= 4 is 51.6 Å². The third-order valence-corrected chi connectivity index (χ3v) is 5.41. The molecule has 2 aromatic rings. The van der Waals surface area contributed by atoms with Crippen molar-refractivity contribution in [3.05, 3.63) is 53.8 Å². The highest BCUT2D eigenvalue weighted by Crippen LogP contribution is 2.32. The number of aliphatic hydroxyl groups excluding tert-OH is 1. The number of benzene rings is 1. The lowest BCUT2D eigenvalue weighted by Crippen LogP contribution is -2.32.